The number of aliphatic carboxylic acids is 1. The molecule has 34 heavy (non-hydrogen) atoms. The summed E-state index contributed by atoms with van der Waals surface area (Å²) in [5.41, 5.74) is 4.31. The van der Waals surface area contributed by atoms with Gasteiger partial charge in [-0.1, -0.05) is 69.3 Å². The Bertz CT molecular complexity index is 1040. The van der Waals surface area contributed by atoms with E-state index in [1.807, 2.05) is 45.0 Å². The highest BCUT2D eigenvalue weighted by Gasteiger charge is 2.38. The van der Waals surface area contributed by atoms with Crippen LogP contribution in [0.4, 0.5) is 4.79 Å². The predicted octanol–water partition coefficient (Wildman–Crippen LogP) is 4.31. The minimum absolute atomic E-state index is 0.00151. The van der Waals surface area contributed by atoms with Gasteiger partial charge in [0.05, 0.1) is 6.42 Å². The number of hydrogen-bond donors (Lipinski definition) is 3. The third kappa shape index (κ3) is 5.08. The molecule has 2 amide bonds. The van der Waals surface area contributed by atoms with Gasteiger partial charge in [-0.2, -0.15) is 0 Å². The van der Waals surface area contributed by atoms with Gasteiger partial charge in [-0.05, 0) is 40.5 Å². The molecule has 0 heterocycles. The zero-order valence-corrected chi connectivity index (χ0v) is 19.8. The van der Waals surface area contributed by atoms with E-state index in [9.17, 15) is 14.4 Å². The van der Waals surface area contributed by atoms with Gasteiger partial charge in [-0.3, -0.25) is 9.59 Å². The van der Waals surface area contributed by atoms with Crippen LogP contribution in [-0.2, 0) is 14.3 Å². The quantitative estimate of drug-likeness (QED) is 0.566. The third-order valence-electron chi connectivity index (χ3n) is 6.92. The van der Waals surface area contributed by atoms with Gasteiger partial charge in [0.25, 0.3) is 0 Å². The maximum absolute atomic E-state index is 12.6. The Morgan fingerprint density at radius 1 is 1.00 bits per heavy atom. The first-order valence-corrected chi connectivity index (χ1v) is 11.8. The van der Waals surface area contributed by atoms with Crippen LogP contribution in [0.15, 0.2) is 48.5 Å². The maximum Gasteiger partial charge on any atom is 0.407 e. The Morgan fingerprint density at radius 3 is 2.09 bits per heavy atom. The summed E-state index contributed by atoms with van der Waals surface area (Å²) in [4.78, 5) is 36.2. The van der Waals surface area contributed by atoms with Crippen molar-refractivity contribution < 1.29 is 24.2 Å². The summed E-state index contributed by atoms with van der Waals surface area (Å²) >= 11 is 0. The van der Waals surface area contributed by atoms with E-state index >= 15 is 0 Å². The molecule has 0 saturated heterocycles. The molecule has 1 fully saturated rings. The molecule has 1 unspecified atom stereocenters. The first kappa shape index (κ1) is 23.8. The molecule has 4 rings (SSSR count). The van der Waals surface area contributed by atoms with Crippen molar-refractivity contribution in [2.45, 2.75) is 58.0 Å². The largest absolute Gasteiger partial charge is 0.481 e. The molecule has 0 spiro atoms. The van der Waals surface area contributed by atoms with Crippen LogP contribution in [0.2, 0.25) is 0 Å². The number of carboxylic acids is 1. The SMILES string of the molecule is CC(C)(C)C(CC(=O)O)NC(=O)C1CC(NC(=O)OCC2c3ccccc3-c3ccccc32)C1. The number of hydrogen-bond acceptors (Lipinski definition) is 4. The van der Waals surface area contributed by atoms with Crippen molar-refractivity contribution in [3.63, 3.8) is 0 Å². The Kier molecular flexibility index (Phi) is 6.64. The van der Waals surface area contributed by atoms with E-state index in [2.05, 4.69) is 34.9 Å². The van der Waals surface area contributed by atoms with E-state index in [4.69, 9.17) is 9.84 Å². The minimum atomic E-state index is -0.941. The fourth-order valence-electron chi connectivity index (χ4n) is 4.79. The number of benzene rings is 2. The normalized spacial score (nSPS) is 19.9. The number of carbonyl (C=O) groups excluding carboxylic acids is 2. The van der Waals surface area contributed by atoms with Crippen LogP contribution in [0.5, 0.6) is 0 Å². The second kappa shape index (κ2) is 9.49. The topological polar surface area (TPSA) is 105 Å². The Morgan fingerprint density at radius 2 is 1.56 bits per heavy atom. The summed E-state index contributed by atoms with van der Waals surface area (Å²) in [5.74, 6) is -1.34. The van der Waals surface area contributed by atoms with E-state index in [0.29, 0.717) is 12.8 Å². The first-order chi connectivity index (χ1) is 16.1. The van der Waals surface area contributed by atoms with E-state index < -0.39 is 18.1 Å². The van der Waals surface area contributed by atoms with Crippen LogP contribution in [0.25, 0.3) is 11.1 Å². The summed E-state index contributed by atoms with van der Waals surface area (Å²) in [6.07, 6.45) is 0.424. The molecule has 2 aromatic rings. The summed E-state index contributed by atoms with van der Waals surface area (Å²) in [5, 5.41) is 14.9. The second-order valence-corrected chi connectivity index (χ2v) is 10.4. The van der Waals surface area contributed by atoms with Crippen molar-refractivity contribution in [1.29, 1.82) is 0 Å². The van der Waals surface area contributed by atoms with Crippen LogP contribution in [0, 0.1) is 11.3 Å². The molecular formula is C27H32N2O5. The molecule has 0 radical (unpaired) electrons. The van der Waals surface area contributed by atoms with Gasteiger partial charge in [-0.15, -0.1) is 0 Å². The summed E-state index contributed by atoms with van der Waals surface area (Å²) < 4.78 is 5.58. The number of ether oxygens (including phenoxy) is 1. The molecule has 2 aliphatic carbocycles. The van der Waals surface area contributed by atoms with Gasteiger partial charge in [0.15, 0.2) is 0 Å². The number of fused-ring (bicyclic) bond motifs is 3. The highest BCUT2D eigenvalue weighted by atomic mass is 16.5. The van der Waals surface area contributed by atoms with Crippen LogP contribution in [-0.4, -0.2) is 41.8 Å². The van der Waals surface area contributed by atoms with Crippen molar-refractivity contribution in [1.82, 2.24) is 10.6 Å². The van der Waals surface area contributed by atoms with Crippen molar-refractivity contribution in [3.8, 4) is 11.1 Å². The van der Waals surface area contributed by atoms with Gasteiger partial charge in [0, 0.05) is 23.9 Å². The fraction of sp³-hybridized carbons (Fsp3) is 0.444. The molecule has 0 aromatic heterocycles. The molecule has 7 heteroatoms. The van der Waals surface area contributed by atoms with Crippen molar-refractivity contribution in [3.05, 3.63) is 59.7 Å². The summed E-state index contributed by atoms with van der Waals surface area (Å²) in [6.45, 7) is 5.97. The highest BCUT2D eigenvalue weighted by Crippen LogP contribution is 2.44. The van der Waals surface area contributed by atoms with Crippen LogP contribution >= 0.6 is 0 Å². The second-order valence-electron chi connectivity index (χ2n) is 10.4. The minimum Gasteiger partial charge on any atom is -0.481 e. The van der Waals surface area contributed by atoms with Crippen LogP contribution in [0.1, 0.15) is 57.1 Å². The zero-order chi connectivity index (χ0) is 24.5. The van der Waals surface area contributed by atoms with Crippen molar-refractivity contribution >= 4 is 18.0 Å². The number of amides is 2. The molecule has 1 saturated carbocycles. The Balaban J connectivity index is 1.26. The number of nitrogens with one attached hydrogen (secondary N) is 2. The van der Waals surface area contributed by atoms with E-state index in [1.165, 1.54) is 11.1 Å². The average Bonchev–Trinajstić information content (AvgIpc) is 3.07. The van der Waals surface area contributed by atoms with Gasteiger partial charge >= 0.3 is 12.1 Å². The standard InChI is InChI=1S/C27H32N2O5/c1-27(2,3)23(14-24(30)31)29-25(32)16-12-17(13-16)28-26(33)34-15-22-20-10-6-4-8-18(20)19-9-5-7-11-21(19)22/h4-11,16-17,22-23H,12-15H2,1-3H3,(H,28,33)(H,29,32)(H,30,31). The van der Waals surface area contributed by atoms with E-state index in [0.717, 1.165) is 11.1 Å². The fourth-order valence-corrected chi connectivity index (χ4v) is 4.79. The van der Waals surface area contributed by atoms with Crippen LogP contribution in [0.3, 0.4) is 0 Å². The van der Waals surface area contributed by atoms with E-state index in [1.54, 1.807) is 0 Å². The van der Waals surface area contributed by atoms with Gasteiger partial charge in [-0.25, -0.2) is 4.79 Å². The predicted molar refractivity (Wildman–Crippen MR) is 128 cm³/mol. The Labute approximate surface area is 199 Å². The monoisotopic (exact) mass is 464 g/mol. The molecule has 180 valence electrons. The third-order valence-corrected chi connectivity index (χ3v) is 6.92. The molecule has 3 N–H and O–H groups in total. The lowest BCUT2D eigenvalue weighted by Gasteiger charge is -2.37. The van der Waals surface area contributed by atoms with Gasteiger partial charge in [0.2, 0.25) is 5.91 Å². The summed E-state index contributed by atoms with van der Waals surface area (Å²) in [7, 11) is 0. The zero-order valence-electron chi connectivity index (χ0n) is 19.8. The number of rotatable bonds is 7. The van der Waals surface area contributed by atoms with Gasteiger partial charge in [0.1, 0.15) is 6.61 Å². The van der Waals surface area contributed by atoms with E-state index in [-0.39, 0.29) is 42.2 Å². The lowest BCUT2D eigenvalue weighted by molar-refractivity contribution is -0.139. The molecule has 0 aliphatic heterocycles. The Hall–Kier alpha value is -3.35. The van der Waals surface area contributed by atoms with Crippen molar-refractivity contribution in [2.24, 2.45) is 11.3 Å². The first-order valence-electron chi connectivity index (χ1n) is 11.8. The average molecular weight is 465 g/mol. The number of alkyl carbamates (subject to hydrolysis) is 1. The number of carboxylic acid groups (broad SMARTS) is 1. The number of carbonyl (C=O) groups is 3. The lowest BCUT2D eigenvalue weighted by Crippen LogP contribution is -2.53. The summed E-state index contributed by atoms with van der Waals surface area (Å²) in [6, 6.07) is 15.8. The lowest BCUT2D eigenvalue weighted by atomic mass is 9.78. The molecule has 1 atom stereocenters. The maximum atomic E-state index is 12.6. The van der Waals surface area contributed by atoms with Gasteiger partial charge < -0.3 is 20.5 Å². The smallest absolute Gasteiger partial charge is 0.407 e. The van der Waals surface area contributed by atoms with Crippen molar-refractivity contribution in [2.75, 3.05) is 6.61 Å². The molecule has 2 aliphatic rings. The molecule has 2 aromatic carbocycles. The molecule has 7 nitrogen and oxygen atoms in total. The molecular weight excluding hydrogens is 432 g/mol. The molecule has 0 bridgehead atoms. The van der Waals surface area contributed by atoms with Crippen LogP contribution < -0.4 is 10.6 Å². The highest BCUT2D eigenvalue weighted by molar-refractivity contribution is 5.81.